The smallest absolute Gasteiger partial charge is 0.184 e. The molecule has 0 aliphatic heterocycles. The van der Waals surface area contributed by atoms with Crippen molar-refractivity contribution < 1.29 is 5.11 Å². The van der Waals surface area contributed by atoms with Crippen LogP contribution in [0.25, 0.3) is 21.0 Å². The van der Waals surface area contributed by atoms with Crippen LogP contribution >= 0.6 is 34.5 Å². The van der Waals surface area contributed by atoms with Crippen molar-refractivity contribution in [2.75, 3.05) is 5.32 Å². The van der Waals surface area contributed by atoms with E-state index in [0.717, 1.165) is 26.1 Å². The van der Waals surface area contributed by atoms with E-state index in [1.54, 1.807) is 29.5 Å². The molecule has 5 rings (SSSR count). The number of nitrogens with one attached hydrogen (secondary N) is 1. The Morgan fingerprint density at radius 3 is 2.33 bits per heavy atom. The van der Waals surface area contributed by atoms with E-state index in [9.17, 15) is 5.11 Å². The number of para-hydroxylation sites is 1. The second kappa shape index (κ2) is 7.80. The van der Waals surface area contributed by atoms with Gasteiger partial charge in [-0.2, -0.15) is 0 Å². The van der Waals surface area contributed by atoms with Crippen LogP contribution in [0, 0.1) is 0 Å². The number of fused-ring (bicyclic) bond motifs is 2. The summed E-state index contributed by atoms with van der Waals surface area (Å²) in [6.45, 7) is 0. The van der Waals surface area contributed by atoms with Gasteiger partial charge in [-0.1, -0.05) is 83.1 Å². The zero-order chi connectivity index (χ0) is 20.7. The van der Waals surface area contributed by atoms with E-state index in [0.29, 0.717) is 21.2 Å². The fourth-order valence-electron chi connectivity index (χ4n) is 3.72. The fourth-order valence-corrected chi connectivity index (χ4v) is 5.23. The molecule has 0 radical (unpaired) electrons. The van der Waals surface area contributed by atoms with Gasteiger partial charge in [-0.3, -0.25) is 0 Å². The minimum absolute atomic E-state index is 0.170. The minimum Gasteiger partial charge on any atom is -0.508 e. The summed E-state index contributed by atoms with van der Waals surface area (Å²) in [6, 6.07) is 24.4. The molecule has 0 bridgehead atoms. The number of phenols is 1. The maximum absolute atomic E-state index is 10.9. The highest BCUT2D eigenvalue weighted by molar-refractivity contribution is 7.22. The third-order valence-electron chi connectivity index (χ3n) is 5.09. The molecule has 4 aromatic carbocycles. The molecule has 0 fully saturated rings. The first kappa shape index (κ1) is 19.2. The topological polar surface area (TPSA) is 45.1 Å². The van der Waals surface area contributed by atoms with Gasteiger partial charge >= 0.3 is 0 Å². The number of thiazole rings is 1. The number of rotatable bonds is 4. The van der Waals surface area contributed by atoms with Crippen LogP contribution in [0.2, 0.25) is 10.0 Å². The van der Waals surface area contributed by atoms with E-state index in [1.165, 1.54) is 0 Å². The van der Waals surface area contributed by atoms with Gasteiger partial charge in [0, 0.05) is 21.2 Å². The Bertz CT molecular complexity index is 1330. The van der Waals surface area contributed by atoms with Crippen LogP contribution in [0.4, 0.5) is 5.13 Å². The van der Waals surface area contributed by atoms with Gasteiger partial charge in [0.05, 0.1) is 16.3 Å². The molecule has 1 aromatic heterocycles. The molecule has 2 N–H and O–H groups in total. The third kappa shape index (κ3) is 3.37. The van der Waals surface area contributed by atoms with Crippen molar-refractivity contribution in [2.45, 2.75) is 6.04 Å². The lowest BCUT2D eigenvalue weighted by Crippen LogP contribution is -2.14. The average Bonchev–Trinajstić information content (AvgIpc) is 3.15. The molecule has 0 aliphatic rings. The molecule has 3 nitrogen and oxygen atoms in total. The van der Waals surface area contributed by atoms with Gasteiger partial charge in [-0.15, -0.1) is 0 Å². The normalized spacial score (nSPS) is 12.3. The molecule has 0 aliphatic carbocycles. The second-order valence-electron chi connectivity index (χ2n) is 6.92. The lowest BCUT2D eigenvalue weighted by molar-refractivity contribution is 0.468. The van der Waals surface area contributed by atoms with E-state index >= 15 is 0 Å². The molecule has 5 aromatic rings. The number of aromatic nitrogens is 1. The minimum atomic E-state index is -0.488. The highest BCUT2D eigenvalue weighted by Gasteiger charge is 2.26. The fraction of sp³-hybridized carbons (Fsp3) is 0.0417. The van der Waals surface area contributed by atoms with Crippen LogP contribution in [0.3, 0.4) is 0 Å². The van der Waals surface area contributed by atoms with Crippen LogP contribution < -0.4 is 5.32 Å². The number of hydrogen-bond donors (Lipinski definition) is 2. The molecule has 148 valence electrons. The number of hydrogen-bond acceptors (Lipinski definition) is 4. The lowest BCUT2D eigenvalue weighted by Gasteiger charge is -2.24. The second-order valence-corrected chi connectivity index (χ2v) is 8.76. The van der Waals surface area contributed by atoms with Gasteiger partial charge in [0.25, 0.3) is 0 Å². The maximum Gasteiger partial charge on any atom is 0.184 e. The molecule has 6 heteroatoms. The summed E-state index contributed by atoms with van der Waals surface area (Å²) in [5.41, 5.74) is 2.32. The van der Waals surface area contributed by atoms with Crippen LogP contribution in [0.15, 0.2) is 78.9 Å². The van der Waals surface area contributed by atoms with E-state index in [4.69, 9.17) is 28.2 Å². The zero-order valence-electron chi connectivity index (χ0n) is 15.6. The molecule has 1 unspecified atom stereocenters. The van der Waals surface area contributed by atoms with Crippen molar-refractivity contribution in [3.8, 4) is 5.75 Å². The number of benzene rings is 4. The Labute approximate surface area is 187 Å². The van der Waals surface area contributed by atoms with Crippen LogP contribution in [0.1, 0.15) is 17.2 Å². The number of anilines is 1. The van der Waals surface area contributed by atoms with Gasteiger partial charge in [0.2, 0.25) is 0 Å². The molecule has 0 saturated heterocycles. The molecule has 1 atom stereocenters. The van der Waals surface area contributed by atoms with Gasteiger partial charge in [0.15, 0.2) is 5.13 Å². The number of phenolic OH excluding ortho intramolecular Hbond substituents is 1. The predicted octanol–water partition coefficient (Wildman–Crippen LogP) is 7.66. The van der Waals surface area contributed by atoms with Gasteiger partial charge in [-0.25, -0.2) is 4.98 Å². The van der Waals surface area contributed by atoms with E-state index in [1.807, 2.05) is 60.7 Å². The van der Waals surface area contributed by atoms with Crippen molar-refractivity contribution in [3.63, 3.8) is 0 Å². The average molecular weight is 451 g/mol. The first-order valence-electron chi connectivity index (χ1n) is 9.38. The Kier molecular flexibility index (Phi) is 4.99. The third-order valence-corrected chi connectivity index (χ3v) is 6.71. The van der Waals surface area contributed by atoms with E-state index < -0.39 is 6.04 Å². The monoisotopic (exact) mass is 450 g/mol. The van der Waals surface area contributed by atoms with Crippen LogP contribution in [0.5, 0.6) is 5.75 Å². The number of nitrogens with zero attached hydrogens (tertiary/aromatic N) is 1. The molecule has 0 spiro atoms. The largest absolute Gasteiger partial charge is 0.508 e. The summed E-state index contributed by atoms with van der Waals surface area (Å²) in [4.78, 5) is 4.71. The Balaban J connectivity index is 1.74. The molecule has 0 saturated carbocycles. The van der Waals surface area contributed by atoms with Gasteiger partial charge in [-0.05, 0) is 41.1 Å². The summed E-state index contributed by atoms with van der Waals surface area (Å²) in [5.74, 6) is 0.170. The number of aromatic hydroxyl groups is 1. The Morgan fingerprint density at radius 2 is 1.53 bits per heavy atom. The van der Waals surface area contributed by atoms with E-state index in [-0.39, 0.29) is 5.75 Å². The molecule has 30 heavy (non-hydrogen) atoms. The zero-order valence-corrected chi connectivity index (χ0v) is 18.0. The highest BCUT2D eigenvalue weighted by atomic mass is 35.5. The van der Waals surface area contributed by atoms with Crippen LogP contribution in [-0.4, -0.2) is 10.1 Å². The Hall–Kier alpha value is -2.79. The maximum atomic E-state index is 10.9. The summed E-state index contributed by atoms with van der Waals surface area (Å²) < 4.78 is 1.08. The van der Waals surface area contributed by atoms with Gasteiger partial charge in [0.1, 0.15) is 5.75 Å². The number of halogens is 2. The summed E-state index contributed by atoms with van der Waals surface area (Å²) >= 11 is 14.7. The lowest BCUT2D eigenvalue weighted by atomic mass is 9.92. The van der Waals surface area contributed by atoms with Crippen molar-refractivity contribution in [1.82, 2.24) is 4.98 Å². The first-order chi connectivity index (χ1) is 14.6. The summed E-state index contributed by atoms with van der Waals surface area (Å²) in [5, 5.41) is 18.1. The van der Waals surface area contributed by atoms with Crippen LogP contribution in [-0.2, 0) is 0 Å². The highest BCUT2D eigenvalue weighted by Crippen LogP contribution is 2.43. The van der Waals surface area contributed by atoms with Crippen molar-refractivity contribution in [1.29, 1.82) is 0 Å². The van der Waals surface area contributed by atoms with Crippen molar-refractivity contribution >= 4 is 60.7 Å². The quantitative estimate of drug-likeness (QED) is 0.295. The van der Waals surface area contributed by atoms with Crippen molar-refractivity contribution in [3.05, 3.63) is 100 Å². The first-order valence-corrected chi connectivity index (χ1v) is 11.0. The molecule has 1 heterocycles. The standard InChI is InChI=1S/C24H16Cl2N2OS/c25-16-8-5-9-17(26)22(16)23(28-24-27-18-10-3-4-11-20(18)30-24)21-15-7-2-1-6-14(15)12-13-19(21)29/h1-13,23,29H,(H,27,28). The summed E-state index contributed by atoms with van der Waals surface area (Å²) in [6.07, 6.45) is 0. The Morgan fingerprint density at radius 1 is 0.800 bits per heavy atom. The predicted molar refractivity (Wildman–Crippen MR) is 127 cm³/mol. The SMILES string of the molecule is Oc1ccc2ccccc2c1C(Nc1nc2ccccc2s1)c1c(Cl)cccc1Cl. The van der Waals surface area contributed by atoms with E-state index in [2.05, 4.69) is 5.32 Å². The van der Waals surface area contributed by atoms with Gasteiger partial charge < -0.3 is 10.4 Å². The van der Waals surface area contributed by atoms with Crippen molar-refractivity contribution in [2.24, 2.45) is 0 Å². The molecular weight excluding hydrogens is 435 g/mol. The molecule has 0 amide bonds. The summed E-state index contributed by atoms with van der Waals surface area (Å²) in [7, 11) is 0. The molecular formula is C24H16Cl2N2OS.